The summed E-state index contributed by atoms with van der Waals surface area (Å²) in [6.45, 7) is 3.02. The molecule has 166 valence electrons. The Balaban J connectivity index is 1.64. The van der Waals surface area contributed by atoms with E-state index in [1.54, 1.807) is 11.8 Å². The third-order valence-electron chi connectivity index (χ3n) is 5.10. The summed E-state index contributed by atoms with van der Waals surface area (Å²) in [5.41, 5.74) is -0.0946. The standard InChI is InChI=1S/C22H20F6N2O/c1-15-5-7-18(22(26,27)28)14-19(15)29-9-11-30(12-10-29)20(31)8-6-16-3-2-4-17(13-16)21(23,24)25/h2-8,13-14H,9-12H2,1H3/b8-6-. The number of halogens is 6. The molecule has 0 radical (unpaired) electrons. The number of alkyl halides is 6. The average Bonchev–Trinajstić information content (AvgIpc) is 2.71. The lowest BCUT2D eigenvalue weighted by molar-refractivity contribution is -0.138. The smallest absolute Gasteiger partial charge is 0.368 e. The quantitative estimate of drug-likeness (QED) is 0.470. The Labute approximate surface area is 175 Å². The number of hydrogen-bond donors (Lipinski definition) is 0. The summed E-state index contributed by atoms with van der Waals surface area (Å²) in [6, 6.07) is 8.22. The Kier molecular flexibility index (Phi) is 6.33. The summed E-state index contributed by atoms with van der Waals surface area (Å²) in [5, 5.41) is 0. The Morgan fingerprint density at radius 1 is 0.871 bits per heavy atom. The van der Waals surface area contributed by atoms with Crippen molar-refractivity contribution in [3.8, 4) is 0 Å². The summed E-state index contributed by atoms with van der Waals surface area (Å²) in [6.07, 6.45) is -6.37. The predicted octanol–water partition coefficient (Wildman–Crippen LogP) is 5.39. The number of nitrogens with zero attached hydrogens (tertiary/aromatic N) is 2. The Morgan fingerprint density at radius 2 is 1.48 bits per heavy atom. The molecule has 0 N–H and O–H groups in total. The van der Waals surface area contributed by atoms with Gasteiger partial charge in [-0.15, -0.1) is 0 Å². The number of aryl methyl sites for hydroxylation is 1. The molecule has 1 aliphatic rings. The fraction of sp³-hybridized carbons (Fsp3) is 0.318. The van der Waals surface area contributed by atoms with Crippen LogP contribution < -0.4 is 4.90 Å². The van der Waals surface area contributed by atoms with Gasteiger partial charge in [-0.25, -0.2) is 0 Å². The molecule has 2 aromatic carbocycles. The van der Waals surface area contributed by atoms with Crippen molar-refractivity contribution < 1.29 is 31.1 Å². The highest BCUT2D eigenvalue weighted by atomic mass is 19.4. The summed E-state index contributed by atoms with van der Waals surface area (Å²) in [5.74, 6) is -0.363. The van der Waals surface area contributed by atoms with Crippen LogP contribution >= 0.6 is 0 Å². The minimum atomic E-state index is -4.47. The second kappa shape index (κ2) is 8.64. The minimum Gasteiger partial charge on any atom is -0.368 e. The van der Waals surface area contributed by atoms with Gasteiger partial charge in [-0.05, 0) is 48.4 Å². The number of carbonyl (C=O) groups is 1. The average molecular weight is 442 g/mol. The summed E-state index contributed by atoms with van der Waals surface area (Å²) in [7, 11) is 0. The van der Waals surface area contributed by atoms with Crippen molar-refractivity contribution in [1.29, 1.82) is 0 Å². The SMILES string of the molecule is Cc1ccc(C(F)(F)F)cc1N1CCN(C(=O)/C=C\c2cccc(C(F)(F)F)c2)CC1. The second-order valence-corrected chi connectivity index (χ2v) is 7.27. The van der Waals surface area contributed by atoms with Crippen molar-refractivity contribution >= 4 is 17.7 Å². The van der Waals surface area contributed by atoms with Gasteiger partial charge in [0.05, 0.1) is 11.1 Å². The lowest BCUT2D eigenvalue weighted by Gasteiger charge is -2.36. The number of anilines is 1. The molecule has 0 aliphatic carbocycles. The van der Waals surface area contributed by atoms with E-state index in [0.717, 1.165) is 24.3 Å². The Morgan fingerprint density at radius 3 is 2.10 bits per heavy atom. The van der Waals surface area contributed by atoms with E-state index >= 15 is 0 Å². The summed E-state index contributed by atoms with van der Waals surface area (Å²) < 4.78 is 77.4. The van der Waals surface area contributed by atoms with Crippen molar-refractivity contribution in [2.24, 2.45) is 0 Å². The lowest BCUT2D eigenvalue weighted by atomic mass is 10.1. The molecule has 31 heavy (non-hydrogen) atoms. The van der Waals surface area contributed by atoms with Crippen molar-refractivity contribution in [1.82, 2.24) is 4.90 Å². The number of benzene rings is 2. The first kappa shape index (κ1) is 22.7. The molecule has 0 aromatic heterocycles. The van der Waals surface area contributed by atoms with Crippen molar-refractivity contribution in [3.05, 3.63) is 70.8 Å². The maximum absolute atomic E-state index is 13.0. The first-order chi connectivity index (χ1) is 14.4. The van der Waals surface area contributed by atoms with Crippen LogP contribution in [0.15, 0.2) is 48.5 Å². The number of rotatable bonds is 3. The van der Waals surface area contributed by atoms with Gasteiger partial charge in [-0.1, -0.05) is 18.2 Å². The second-order valence-electron chi connectivity index (χ2n) is 7.27. The van der Waals surface area contributed by atoms with Crippen molar-refractivity contribution in [2.45, 2.75) is 19.3 Å². The molecular weight excluding hydrogens is 422 g/mol. The maximum Gasteiger partial charge on any atom is 0.416 e. The topological polar surface area (TPSA) is 23.6 Å². The first-order valence-corrected chi connectivity index (χ1v) is 9.52. The van der Waals surface area contributed by atoms with Gasteiger partial charge in [-0.3, -0.25) is 4.79 Å². The number of carbonyl (C=O) groups excluding carboxylic acids is 1. The molecule has 3 nitrogen and oxygen atoms in total. The molecule has 0 unspecified atom stereocenters. The third-order valence-corrected chi connectivity index (χ3v) is 5.10. The van der Waals surface area contributed by atoms with E-state index in [1.165, 1.54) is 35.3 Å². The van der Waals surface area contributed by atoms with Gasteiger partial charge < -0.3 is 9.80 Å². The fourth-order valence-electron chi connectivity index (χ4n) is 3.39. The third kappa shape index (κ3) is 5.59. The molecule has 1 amide bonds. The fourth-order valence-corrected chi connectivity index (χ4v) is 3.39. The zero-order valence-electron chi connectivity index (χ0n) is 16.6. The van der Waals surface area contributed by atoms with E-state index in [4.69, 9.17) is 0 Å². The molecule has 1 fully saturated rings. The largest absolute Gasteiger partial charge is 0.416 e. The number of amides is 1. The highest BCUT2D eigenvalue weighted by Crippen LogP contribution is 2.34. The van der Waals surface area contributed by atoms with Crippen LogP contribution in [-0.2, 0) is 17.1 Å². The molecular formula is C22H20F6N2O. The van der Waals surface area contributed by atoms with Crippen LogP contribution in [0.3, 0.4) is 0 Å². The van der Waals surface area contributed by atoms with Gasteiger partial charge in [0, 0.05) is 37.9 Å². The maximum atomic E-state index is 13.0. The van der Waals surface area contributed by atoms with Gasteiger partial charge in [0.2, 0.25) is 5.91 Å². The summed E-state index contributed by atoms with van der Waals surface area (Å²) in [4.78, 5) is 15.7. The van der Waals surface area contributed by atoms with Crippen LogP contribution in [0.5, 0.6) is 0 Å². The zero-order chi connectivity index (χ0) is 22.8. The van der Waals surface area contributed by atoms with Gasteiger partial charge >= 0.3 is 12.4 Å². The van der Waals surface area contributed by atoms with Crippen LogP contribution in [0, 0.1) is 6.92 Å². The molecule has 0 spiro atoms. The molecule has 0 atom stereocenters. The van der Waals surface area contributed by atoms with Gasteiger partial charge in [0.1, 0.15) is 0 Å². The number of hydrogen-bond acceptors (Lipinski definition) is 2. The highest BCUT2D eigenvalue weighted by Gasteiger charge is 2.32. The lowest BCUT2D eigenvalue weighted by Crippen LogP contribution is -2.48. The zero-order valence-corrected chi connectivity index (χ0v) is 16.6. The van der Waals surface area contributed by atoms with E-state index in [-0.39, 0.29) is 11.5 Å². The Hall–Kier alpha value is -2.97. The predicted molar refractivity (Wildman–Crippen MR) is 105 cm³/mol. The molecule has 1 aliphatic heterocycles. The molecule has 3 rings (SSSR count). The monoisotopic (exact) mass is 442 g/mol. The molecule has 0 saturated carbocycles. The normalized spacial score (nSPS) is 15.6. The van der Waals surface area contributed by atoms with Crippen LogP contribution in [0.25, 0.3) is 6.08 Å². The minimum absolute atomic E-state index is 0.251. The van der Waals surface area contributed by atoms with Crippen LogP contribution in [0.2, 0.25) is 0 Å². The summed E-state index contributed by atoms with van der Waals surface area (Å²) >= 11 is 0. The van der Waals surface area contributed by atoms with Crippen molar-refractivity contribution in [3.63, 3.8) is 0 Å². The molecule has 1 saturated heterocycles. The van der Waals surface area contributed by atoms with Crippen LogP contribution in [-0.4, -0.2) is 37.0 Å². The van der Waals surface area contributed by atoms with E-state index in [1.807, 2.05) is 0 Å². The molecule has 9 heteroatoms. The van der Waals surface area contributed by atoms with Gasteiger partial charge in [0.15, 0.2) is 0 Å². The van der Waals surface area contributed by atoms with Crippen LogP contribution in [0.1, 0.15) is 22.3 Å². The van der Waals surface area contributed by atoms with Gasteiger partial charge in [0.25, 0.3) is 0 Å². The van der Waals surface area contributed by atoms with Gasteiger partial charge in [-0.2, -0.15) is 26.3 Å². The molecule has 0 bridgehead atoms. The van der Waals surface area contributed by atoms with Crippen molar-refractivity contribution in [2.75, 3.05) is 31.1 Å². The van der Waals surface area contributed by atoms with Crippen LogP contribution in [0.4, 0.5) is 32.0 Å². The molecule has 2 aromatic rings. The number of piperazine rings is 1. The van der Waals surface area contributed by atoms with E-state index in [2.05, 4.69) is 0 Å². The van der Waals surface area contributed by atoms with E-state index in [0.29, 0.717) is 37.4 Å². The molecule has 1 heterocycles. The van der Waals surface area contributed by atoms with E-state index < -0.39 is 23.5 Å². The Bertz CT molecular complexity index is 973. The first-order valence-electron chi connectivity index (χ1n) is 9.52. The van der Waals surface area contributed by atoms with E-state index in [9.17, 15) is 31.1 Å². The highest BCUT2D eigenvalue weighted by molar-refractivity contribution is 5.92.